The van der Waals surface area contributed by atoms with Gasteiger partial charge in [0, 0.05) is 24.5 Å². The molecule has 1 amide bonds. The van der Waals surface area contributed by atoms with Gasteiger partial charge in [-0.25, -0.2) is 12.8 Å². The van der Waals surface area contributed by atoms with Crippen molar-refractivity contribution in [1.82, 2.24) is 4.31 Å². The van der Waals surface area contributed by atoms with E-state index in [1.165, 1.54) is 22.5 Å². The average Bonchev–Trinajstić information content (AvgIpc) is 2.70. The van der Waals surface area contributed by atoms with Crippen molar-refractivity contribution < 1.29 is 22.3 Å². The van der Waals surface area contributed by atoms with Crippen molar-refractivity contribution >= 4 is 27.3 Å². The first-order chi connectivity index (χ1) is 13.4. The highest BCUT2D eigenvalue weighted by atomic mass is 32.2. The van der Waals surface area contributed by atoms with Gasteiger partial charge in [-0.15, -0.1) is 0 Å². The number of amides is 1. The quantitative estimate of drug-likeness (QED) is 0.767. The van der Waals surface area contributed by atoms with Crippen molar-refractivity contribution in [3.05, 3.63) is 53.8 Å². The van der Waals surface area contributed by atoms with Crippen molar-refractivity contribution in [3.63, 3.8) is 0 Å². The zero-order valence-corrected chi connectivity index (χ0v) is 16.3. The first-order valence-electron chi connectivity index (χ1n) is 8.84. The largest absolute Gasteiger partial charge is 0.379 e. The number of hydrogen-bond acceptors (Lipinski definition) is 5. The lowest BCUT2D eigenvalue weighted by Crippen LogP contribution is -2.40. The number of ether oxygens (including phenoxy) is 1. The average molecular weight is 407 g/mol. The maximum Gasteiger partial charge on any atom is 0.243 e. The summed E-state index contributed by atoms with van der Waals surface area (Å²) in [4.78, 5) is 12.2. The molecular weight excluding hydrogens is 385 g/mol. The second-order valence-electron chi connectivity index (χ2n) is 6.41. The number of anilines is 2. The normalized spacial score (nSPS) is 15.2. The molecule has 0 radical (unpaired) electrons. The Hall–Kier alpha value is -2.49. The van der Waals surface area contributed by atoms with Crippen LogP contribution in [0.5, 0.6) is 0 Å². The van der Waals surface area contributed by atoms with Crippen LogP contribution in [0.4, 0.5) is 15.8 Å². The van der Waals surface area contributed by atoms with Gasteiger partial charge in [-0.3, -0.25) is 4.79 Å². The summed E-state index contributed by atoms with van der Waals surface area (Å²) in [6.07, 6.45) is 0. The van der Waals surface area contributed by atoms with Gasteiger partial charge in [-0.05, 0) is 48.9 Å². The van der Waals surface area contributed by atoms with E-state index >= 15 is 0 Å². The molecule has 1 heterocycles. The van der Waals surface area contributed by atoms with E-state index in [0.717, 1.165) is 0 Å². The molecule has 9 heteroatoms. The molecule has 0 unspecified atom stereocenters. The third-order valence-electron chi connectivity index (χ3n) is 4.37. The number of carbonyl (C=O) groups excluding carboxylic acids is 1. The fourth-order valence-electron chi connectivity index (χ4n) is 2.74. The van der Waals surface area contributed by atoms with Crippen LogP contribution in [-0.2, 0) is 19.6 Å². The summed E-state index contributed by atoms with van der Waals surface area (Å²) in [7, 11) is -3.55. The van der Waals surface area contributed by atoms with Crippen molar-refractivity contribution in [3.8, 4) is 0 Å². The Morgan fingerprint density at radius 2 is 1.75 bits per heavy atom. The van der Waals surface area contributed by atoms with Crippen LogP contribution in [-0.4, -0.2) is 51.5 Å². The van der Waals surface area contributed by atoms with E-state index in [2.05, 4.69) is 10.6 Å². The second-order valence-corrected chi connectivity index (χ2v) is 8.34. The van der Waals surface area contributed by atoms with Gasteiger partial charge in [0.1, 0.15) is 5.82 Å². The minimum absolute atomic E-state index is 0.0367. The SMILES string of the molecule is Cc1ccc(NC(=O)CNc2ccc(S(=O)(=O)N3CCOCC3)cc2)cc1F. The molecule has 0 spiro atoms. The van der Waals surface area contributed by atoms with Crippen molar-refractivity contribution in [1.29, 1.82) is 0 Å². The highest BCUT2D eigenvalue weighted by Gasteiger charge is 2.26. The van der Waals surface area contributed by atoms with Gasteiger partial charge in [0.25, 0.3) is 0 Å². The molecule has 3 rings (SSSR count). The maximum absolute atomic E-state index is 13.5. The van der Waals surface area contributed by atoms with Gasteiger partial charge >= 0.3 is 0 Å². The summed E-state index contributed by atoms with van der Waals surface area (Å²) in [5, 5.41) is 5.52. The number of sulfonamides is 1. The van der Waals surface area contributed by atoms with E-state index in [-0.39, 0.29) is 23.2 Å². The van der Waals surface area contributed by atoms with Crippen molar-refractivity contribution in [2.24, 2.45) is 0 Å². The molecule has 0 aromatic heterocycles. The van der Waals surface area contributed by atoms with Gasteiger partial charge < -0.3 is 15.4 Å². The summed E-state index contributed by atoms with van der Waals surface area (Å²) >= 11 is 0. The molecular formula is C19H22FN3O4S. The van der Waals surface area contributed by atoms with Gasteiger partial charge in [0.15, 0.2) is 0 Å². The van der Waals surface area contributed by atoms with Crippen LogP contribution in [0.15, 0.2) is 47.4 Å². The fraction of sp³-hybridized carbons (Fsp3) is 0.316. The highest BCUT2D eigenvalue weighted by Crippen LogP contribution is 2.19. The summed E-state index contributed by atoms with van der Waals surface area (Å²) in [5.41, 5.74) is 1.48. The molecule has 0 atom stereocenters. The first kappa shape index (κ1) is 20.2. The molecule has 1 aliphatic rings. The molecule has 28 heavy (non-hydrogen) atoms. The molecule has 0 saturated carbocycles. The van der Waals surface area contributed by atoms with Crippen LogP contribution in [0.25, 0.3) is 0 Å². The number of morpholine rings is 1. The lowest BCUT2D eigenvalue weighted by Gasteiger charge is -2.26. The molecule has 2 N–H and O–H groups in total. The highest BCUT2D eigenvalue weighted by molar-refractivity contribution is 7.89. The predicted octanol–water partition coefficient (Wildman–Crippen LogP) is 2.21. The monoisotopic (exact) mass is 407 g/mol. The van der Waals surface area contributed by atoms with Crippen LogP contribution in [0.3, 0.4) is 0 Å². The molecule has 0 bridgehead atoms. The van der Waals surface area contributed by atoms with E-state index in [1.807, 2.05) is 0 Å². The van der Waals surface area contributed by atoms with Gasteiger partial charge in [0.05, 0.1) is 24.7 Å². The topological polar surface area (TPSA) is 87.7 Å². The third-order valence-corrected chi connectivity index (χ3v) is 6.28. The van der Waals surface area contributed by atoms with Gasteiger partial charge in [-0.2, -0.15) is 4.31 Å². The van der Waals surface area contributed by atoms with Crippen LogP contribution >= 0.6 is 0 Å². The number of hydrogen-bond donors (Lipinski definition) is 2. The standard InChI is InChI=1S/C19H22FN3O4S/c1-14-2-3-16(12-18(14)20)22-19(24)13-21-15-4-6-17(7-5-15)28(25,26)23-8-10-27-11-9-23/h2-7,12,21H,8-11,13H2,1H3,(H,22,24). The van der Waals surface area contributed by atoms with E-state index in [4.69, 9.17) is 4.74 Å². The second kappa shape index (κ2) is 8.68. The Labute approximate surface area is 163 Å². The van der Waals surface area contributed by atoms with Crippen molar-refractivity contribution in [2.75, 3.05) is 43.5 Å². The lowest BCUT2D eigenvalue weighted by atomic mass is 10.2. The molecule has 2 aromatic carbocycles. The number of halogens is 1. The summed E-state index contributed by atoms with van der Waals surface area (Å²) < 4.78 is 45.3. The number of rotatable bonds is 6. The smallest absolute Gasteiger partial charge is 0.243 e. The molecule has 150 valence electrons. The van der Waals surface area contributed by atoms with E-state index < -0.39 is 10.0 Å². The minimum atomic E-state index is -3.55. The number of benzene rings is 2. The molecule has 1 fully saturated rings. The minimum Gasteiger partial charge on any atom is -0.379 e. The number of aryl methyl sites for hydroxylation is 1. The fourth-order valence-corrected chi connectivity index (χ4v) is 4.15. The zero-order chi connectivity index (χ0) is 20.1. The Balaban J connectivity index is 1.56. The van der Waals surface area contributed by atoms with E-state index in [1.54, 1.807) is 31.2 Å². The number of nitrogens with zero attached hydrogens (tertiary/aromatic N) is 1. The van der Waals surface area contributed by atoms with Crippen LogP contribution in [0.1, 0.15) is 5.56 Å². The predicted molar refractivity (Wildman–Crippen MR) is 104 cm³/mol. The molecule has 1 saturated heterocycles. The van der Waals surface area contributed by atoms with E-state index in [0.29, 0.717) is 43.2 Å². The van der Waals surface area contributed by atoms with Crippen molar-refractivity contribution in [2.45, 2.75) is 11.8 Å². The Morgan fingerprint density at radius 1 is 1.11 bits per heavy atom. The summed E-state index contributed by atoms with van der Waals surface area (Å²) in [5.74, 6) is -0.726. The van der Waals surface area contributed by atoms with Gasteiger partial charge in [-0.1, -0.05) is 6.07 Å². The van der Waals surface area contributed by atoms with Crippen LogP contribution in [0, 0.1) is 12.7 Å². The van der Waals surface area contributed by atoms with Gasteiger partial charge in [0.2, 0.25) is 15.9 Å². The van der Waals surface area contributed by atoms with Crippen LogP contribution in [0.2, 0.25) is 0 Å². The summed E-state index contributed by atoms with van der Waals surface area (Å²) in [6.45, 7) is 3.05. The Kier molecular flexibility index (Phi) is 6.28. The third kappa shape index (κ3) is 4.86. The molecule has 2 aromatic rings. The number of nitrogens with one attached hydrogen (secondary N) is 2. The molecule has 0 aliphatic carbocycles. The Morgan fingerprint density at radius 3 is 2.39 bits per heavy atom. The zero-order valence-electron chi connectivity index (χ0n) is 15.4. The first-order valence-corrected chi connectivity index (χ1v) is 10.3. The lowest BCUT2D eigenvalue weighted by molar-refractivity contribution is -0.114. The van der Waals surface area contributed by atoms with Crippen LogP contribution < -0.4 is 10.6 Å². The number of carbonyl (C=O) groups is 1. The summed E-state index contributed by atoms with van der Waals surface area (Å²) in [6, 6.07) is 10.7. The molecule has 1 aliphatic heterocycles. The van der Waals surface area contributed by atoms with E-state index in [9.17, 15) is 17.6 Å². The maximum atomic E-state index is 13.5. The Bertz CT molecular complexity index is 942. The molecule has 7 nitrogen and oxygen atoms in total.